The van der Waals surface area contributed by atoms with Crippen molar-refractivity contribution in [3.63, 3.8) is 0 Å². The fourth-order valence-electron chi connectivity index (χ4n) is 3.72. The molecule has 0 radical (unpaired) electrons. The highest BCUT2D eigenvalue weighted by atomic mass is 19.1. The lowest BCUT2D eigenvalue weighted by atomic mass is 10.1. The third-order valence-corrected chi connectivity index (χ3v) is 5.36. The lowest BCUT2D eigenvalue weighted by molar-refractivity contribution is 0.0364. The van der Waals surface area contributed by atoms with E-state index >= 15 is 0 Å². The summed E-state index contributed by atoms with van der Waals surface area (Å²) in [4.78, 5) is 15.9. The molecule has 182 valence electrons. The average Bonchev–Trinajstić information content (AvgIpc) is 3.18. The van der Waals surface area contributed by atoms with Crippen molar-refractivity contribution in [3.8, 4) is 5.75 Å². The van der Waals surface area contributed by atoms with Crippen molar-refractivity contribution in [2.45, 2.75) is 33.2 Å². The molecule has 35 heavy (non-hydrogen) atoms. The smallest absolute Gasteiger partial charge is 0.355 e. The van der Waals surface area contributed by atoms with Gasteiger partial charge in [-0.05, 0) is 44.2 Å². The minimum atomic E-state index is -0.507. The average molecular weight is 481 g/mol. The Morgan fingerprint density at radius 1 is 0.971 bits per heavy atom. The van der Waals surface area contributed by atoms with E-state index in [2.05, 4.69) is 10.3 Å². The van der Waals surface area contributed by atoms with Crippen LogP contribution in [0.25, 0.3) is 10.9 Å². The van der Waals surface area contributed by atoms with Gasteiger partial charge in [0.1, 0.15) is 11.5 Å². The number of esters is 1. The van der Waals surface area contributed by atoms with E-state index in [0.29, 0.717) is 28.0 Å². The maximum absolute atomic E-state index is 14.1. The molecule has 0 amide bonds. The molecule has 0 aliphatic heterocycles. The normalized spacial score (nSPS) is 11.1. The van der Waals surface area contributed by atoms with Crippen molar-refractivity contribution < 1.29 is 27.8 Å². The topological polar surface area (TPSA) is 72.6 Å². The fraction of sp³-hybridized carbons (Fsp3) is 0.222. The van der Waals surface area contributed by atoms with Crippen LogP contribution in [0.1, 0.15) is 35.5 Å². The number of aromatic amines is 1. The monoisotopic (exact) mass is 480 g/mol. The Morgan fingerprint density at radius 2 is 1.71 bits per heavy atom. The Bertz CT molecular complexity index is 1350. The summed E-state index contributed by atoms with van der Waals surface area (Å²) < 4.78 is 44.1. The van der Waals surface area contributed by atoms with E-state index < -0.39 is 11.8 Å². The highest BCUT2D eigenvalue weighted by molar-refractivity contribution is 5.99. The number of H-pyrrole nitrogens is 1. The summed E-state index contributed by atoms with van der Waals surface area (Å²) >= 11 is 0. The van der Waals surface area contributed by atoms with Crippen LogP contribution in [-0.4, -0.2) is 24.2 Å². The summed E-state index contributed by atoms with van der Waals surface area (Å²) in [6, 6.07) is 16.4. The second kappa shape index (κ2) is 10.6. The molecule has 1 aromatic heterocycles. The van der Waals surface area contributed by atoms with Crippen LogP contribution in [0.2, 0.25) is 0 Å². The molecule has 4 aromatic rings. The number of halogens is 2. The van der Waals surface area contributed by atoms with Crippen molar-refractivity contribution >= 4 is 28.2 Å². The molecule has 0 aliphatic carbocycles. The lowest BCUT2D eigenvalue weighted by Crippen LogP contribution is -2.14. The highest BCUT2D eigenvalue weighted by Gasteiger charge is 2.21. The SMILES string of the molecule is COc1ccc(Nc2ccc3c(COCc4ccccc4F)c(C(=O)OC(C)C)[nH]c3c2)cc1F. The minimum absolute atomic E-state index is 0.0562. The molecule has 0 aliphatic rings. The van der Waals surface area contributed by atoms with Gasteiger partial charge in [0.15, 0.2) is 11.6 Å². The molecule has 0 atom stereocenters. The number of anilines is 2. The predicted octanol–water partition coefficient (Wildman–Crippen LogP) is 6.48. The van der Waals surface area contributed by atoms with Crippen molar-refractivity contribution in [2.75, 3.05) is 12.4 Å². The second-order valence-electron chi connectivity index (χ2n) is 8.25. The highest BCUT2D eigenvalue weighted by Crippen LogP contribution is 2.30. The number of hydrogen-bond donors (Lipinski definition) is 2. The number of nitrogens with one attached hydrogen (secondary N) is 2. The Hall–Kier alpha value is -3.91. The molecule has 3 aromatic carbocycles. The Balaban J connectivity index is 1.61. The number of carbonyl (C=O) groups excluding carboxylic acids is 1. The Labute approximate surface area is 201 Å². The number of fused-ring (bicyclic) bond motifs is 1. The molecule has 4 rings (SSSR count). The van der Waals surface area contributed by atoms with E-state index in [1.807, 2.05) is 18.2 Å². The minimum Gasteiger partial charge on any atom is -0.494 e. The fourth-order valence-corrected chi connectivity index (χ4v) is 3.72. The molecule has 0 fully saturated rings. The van der Waals surface area contributed by atoms with E-state index in [-0.39, 0.29) is 36.6 Å². The van der Waals surface area contributed by atoms with Crippen LogP contribution >= 0.6 is 0 Å². The largest absolute Gasteiger partial charge is 0.494 e. The van der Waals surface area contributed by atoms with Gasteiger partial charge in [-0.2, -0.15) is 0 Å². The van der Waals surface area contributed by atoms with Gasteiger partial charge in [-0.3, -0.25) is 0 Å². The first-order valence-electron chi connectivity index (χ1n) is 11.1. The van der Waals surface area contributed by atoms with Crippen molar-refractivity contribution in [1.82, 2.24) is 4.98 Å². The summed E-state index contributed by atoms with van der Waals surface area (Å²) in [7, 11) is 1.41. The molecular formula is C27H26F2N2O4. The van der Waals surface area contributed by atoms with Crippen LogP contribution in [0, 0.1) is 11.6 Å². The second-order valence-corrected chi connectivity index (χ2v) is 8.25. The van der Waals surface area contributed by atoms with Gasteiger partial charge in [-0.1, -0.05) is 24.3 Å². The number of aromatic nitrogens is 1. The maximum atomic E-state index is 14.1. The molecule has 1 heterocycles. The number of rotatable bonds is 9. The van der Waals surface area contributed by atoms with Crippen LogP contribution in [0.15, 0.2) is 60.7 Å². The van der Waals surface area contributed by atoms with E-state index in [0.717, 1.165) is 5.39 Å². The van der Waals surface area contributed by atoms with Crippen LogP contribution < -0.4 is 10.1 Å². The summed E-state index contributed by atoms with van der Waals surface area (Å²) in [6.07, 6.45) is -0.303. The summed E-state index contributed by atoms with van der Waals surface area (Å²) in [5.41, 5.74) is 3.22. The third-order valence-electron chi connectivity index (χ3n) is 5.36. The molecular weight excluding hydrogens is 454 g/mol. The number of ether oxygens (including phenoxy) is 3. The predicted molar refractivity (Wildman–Crippen MR) is 130 cm³/mol. The lowest BCUT2D eigenvalue weighted by Gasteiger charge is -2.10. The number of methoxy groups -OCH3 is 1. The van der Waals surface area contributed by atoms with Crippen molar-refractivity contribution in [2.24, 2.45) is 0 Å². The van der Waals surface area contributed by atoms with E-state index in [1.165, 1.54) is 25.3 Å². The first-order valence-corrected chi connectivity index (χ1v) is 11.1. The Morgan fingerprint density at radius 3 is 2.43 bits per heavy atom. The van der Waals surface area contributed by atoms with Gasteiger partial charge in [0, 0.05) is 39.5 Å². The number of benzene rings is 3. The molecule has 0 bridgehead atoms. The molecule has 0 unspecified atom stereocenters. The van der Waals surface area contributed by atoms with Gasteiger partial charge in [0.2, 0.25) is 0 Å². The van der Waals surface area contributed by atoms with Crippen molar-refractivity contribution in [3.05, 3.63) is 89.1 Å². The van der Waals surface area contributed by atoms with Gasteiger partial charge >= 0.3 is 5.97 Å². The van der Waals surface area contributed by atoms with Gasteiger partial charge in [0.25, 0.3) is 0 Å². The van der Waals surface area contributed by atoms with Crippen molar-refractivity contribution in [1.29, 1.82) is 0 Å². The maximum Gasteiger partial charge on any atom is 0.355 e. The van der Waals surface area contributed by atoms with Gasteiger partial charge in [-0.15, -0.1) is 0 Å². The summed E-state index contributed by atoms with van der Waals surface area (Å²) in [6.45, 7) is 3.67. The molecule has 0 saturated carbocycles. The van der Waals surface area contributed by atoms with E-state index in [9.17, 15) is 13.6 Å². The van der Waals surface area contributed by atoms with Gasteiger partial charge < -0.3 is 24.5 Å². The zero-order chi connectivity index (χ0) is 24.9. The van der Waals surface area contributed by atoms with Gasteiger partial charge in [0.05, 0.1) is 26.4 Å². The Kier molecular flexibility index (Phi) is 7.31. The quantitative estimate of drug-likeness (QED) is 0.268. The van der Waals surface area contributed by atoms with Crippen LogP contribution in [-0.2, 0) is 22.7 Å². The molecule has 0 saturated heterocycles. The first kappa shape index (κ1) is 24.2. The van der Waals surface area contributed by atoms with Crippen LogP contribution in [0.4, 0.5) is 20.2 Å². The zero-order valence-corrected chi connectivity index (χ0v) is 19.7. The molecule has 0 spiro atoms. The van der Waals surface area contributed by atoms with Crippen LogP contribution in [0.5, 0.6) is 5.75 Å². The number of carbonyl (C=O) groups is 1. The van der Waals surface area contributed by atoms with E-state index in [1.54, 1.807) is 38.1 Å². The number of hydrogen-bond acceptors (Lipinski definition) is 5. The van der Waals surface area contributed by atoms with Gasteiger partial charge in [-0.25, -0.2) is 13.6 Å². The standard InChI is InChI=1S/C27H26F2N2O4/c1-16(2)35-27(32)26-21(15-34-14-17-6-4-5-7-22(17)28)20-10-8-19(13-24(20)31-26)30-18-9-11-25(33-3)23(29)12-18/h4-13,16,30-31H,14-15H2,1-3H3. The molecule has 8 heteroatoms. The zero-order valence-electron chi connectivity index (χ0n) is 19.7. The summed E-state index contributed by atoms with van der Waals surface area (Å²) in [5, 5.41) is 3.91. The summed E-state index contributed by atoms with van der Waals surface area (Å²) in [5.74, 6) is -1.18. The van der Waals surface area contributed by atoms with Crippen LogP contribution in [0.3, 0.4) is 0 Å². The first-order chi connectivity index (χ1) is 16.9. The third kappa shape index (κ3) is 5.60. The van der Waals surface area contributed by atoms with E-state index in [4.69, 9.17) is 14.2 Å². The molecule has 6 nitrogen and oxygen atoms in total. The molecule has 2 N–H and O–H groups in total.